The lowest BCUT2D eigenvalue weighted by Crippen LogP contribution is -1.94. The Labute approximate surface area is 97.8 Å². The molecule has 0 aliphatic heterocycles. The smallest absolute Gasteiger partial charge is 0.178 e. The van der Waals surface area contributed by atoms with Crippen molar-refractivity contribution in [2.45, 2.75) is 5.75 Å². The van der Waals surface area contributed by atoms with E-state index in [1.165, 1.54) is 17.3 Å². The number of rotatable bonds is 3. The van der Waals surface area contributed by atoms with Gasteiger partial charge in [0.1, 0.15) is 0 Å². The van der Waals surface area contributed by atoms with Crippen LogP contribution in [-0.2, 0) is 5.75 Å². The maximum Gasteiger partial charge on any atom is 0.178 e. The Bertz CT molecular complexity index is 451. The summed E-state index contributed by atoms with van der Waals surface area (Å²) in [7, 11) is 0. The predicted molar refractivity (Wildman–Crippen MR) is 64.8 cm³/mol. The quantitative estimate of drug-likeness (QED) is 0.383. The number of benzene rings is 1. The number of furan rings is 1. The molecule has 1 heterocycles. The maximum atomic E-state index is 8.88. The van der Waals surface area contributed by atoms with Crippen LogP contribution in [0.15, 0.2) is 58.3 Å². The van der Waals surface area contributed by atoms with Gasteiger partial charge >= 0.3 is 0 Å². The fraction of sp³-hybridized carbons (Fsp3) is 0.0833. The van der Waals surface area contributed by atoms with Gasteiger partial charge in [0.2, 0.25) is 0 Å². The highest BCUT2D eigenvalue weighted by molar-refractivity contribution is 8.13. The number of hydrogen-bond donors (Lipinski definition) is 1. The van der Waals surface area contributed by atoms with E-state index >= 15 is 0 Å². The summed E-state index contributed by atoms with van der Waals surface area (Å²) >= 11 is 1.44. The summed E-state index contributed by atoms with van der Waals surface area (Å²) in [6.07, 6.45) is 1.56. The van der Waals surface area contributed by atoms with Crippen molar-refractivity contribution < 1.29 is 9.62 Å². The van der Waals surface area contributed by atoms with Gasteiger partial charge in [0.25, 0.3) is 0 Å². The van der Waals surface area contributed by atoms with Crippen LogP contribution in [0.2, 0.25) is 0 Å². The fourth-order valence-corrected chi connectivity index (χ4v) is 2.09. The molecule has 16 heavy (non-hydrogen) atoms. The Morgan fingerprint density at radius 3 is 2.62 bits per heavy atom. The number of hydrogen-bond acceptors (Lipinski definition) is 4. The molecule has 3 nitrogen and oxygen atoms in total. The van der Waals surface area contributed by atoms with Crippen molar-refractivity contribution in [2.24, 2.45) is 5.16 Å². The minimum atomic E-state index is 0.494. The Morgan fingerprint density at radius 1 is 1.19 bits per heavy atom. The van der Waals surface area contributed by atoms with Crippen molar-refractivity contribution in [1.29, 1.82) is 0 Å². The minimum absolute atomic E-state index is 0.494. The third-order valence-corrected chi connectivity index (χ3v) is 3.08. The van der Waals surface area contributed by atoms with Gasteiger partial charge in [0.05, 0.1) is 6.26 Å². The van der Waals surface area contributed by atoms with Gasteiger partial charge in [-0.05, 0) is 17.7 Å². The molecule has 1 N–H and O–H groups in total. The molecule has 2 rings (SSSR count). The summed E-state index contributed by atoms with van der Waals surface area (Å²) in [5.74, 6) is 1.34. The van der Waals surface area contributed by atoms with Crippen molar-refractivity contribution in [3.8, 4) is 0 Å². The number of nitrogens with zero attached hydrogens (tertiary/aromatic N) is 1. The third-order valence-electron chi connectivity index (χ3n) is 2.04. The van der Waals surface area contributed by atoms with Crippen molar-refractivity contribution in [1.82, 2.24) is 0 Å². The molecule has 0 saturated carbocycles. The lowest BCUT2D eigenvalue weighted by atomic mass is 10.2. The summed E-state index contributed by atoms with van der Waals surface area (Å²) in [6, 6.07) is 13.5. The zero-order valence-corrected chi connectivity index (χ0v) is 9.35. The minimum Gasteiger partial charge on any atom is -0.462 e. The van der Waals surface area contributed by atoms with E-state index in [0.717, 1.165) is 5.75 Å². The Hall–Kier alpha value is -1.68. The first-order chi connectivity index (χ1) is 7.90. The van der Waals surface area contributed by atoms with Crippen LogP contribution in [0.5, 0.6) is 0 Å². The van der Waals surface area contributed by atoms with E-state index in [2.05, 4.69) is 5.16 Å². The van der Waals surface area contributed by atoms with Gasteiger partial charge in [-0.2, -0.15) is 0 Å². The molecule has 1 aromatic carbocycles. The van der Waals surface area contributed by atoms with Crippen LogP contribution in [0.3, 0.4) is 0 Å². The van der Waals surface area contributed by atoms with E-state index in [4.69, 9.17) is 9.62 Å². The van der Waals surface area contributed by atoms with E-state index in [1.807, 2.05) is 30.3 Å². The summed E-state index contributed by atoms with van der Waals surface area (Å²) in [4.78, 5) is 0. The second kappa shape index (κ2) is 5.42. The van der Waals surface area contributed by atoms with Gasteiger partial charge in [-0.15, -0.1) is 0 Å². The van der Waals surface area contributed by atoms with Gasteiger partial charge in [-0.3, -0.25) is 0 Å². The fourth-order valence-electron chi connectivity index (χ4n) is 1.28. The highest BCUT2D eigenvalue weighted by Gasteiger charge is 2.08. The highest BCUT2D eigenvalue weighted by atomic mass is 32.2. The number of oxime groups is 1. The Morgan fingerprint density at radius 2 is 2.00 bits per heavy atom. The maximum absolute atomic E-state index is 8.88. The van der Waals surface area contributed by atoms with Crippen LogP contribution in [0.1, 0.15) is 11.3 Å². The number of thioether (sulfide) groups is 1. The molecular weight excluding hydrogens is 222 g/mol. The molecule has 0 radical (unpaired) electrons. The monoisotopic (exact) mass is 233 g/mol. The largest absolute Gasteiger partial charge is 0.462 e. The molecule has 0 atom stereocenters. The summed E-state index contributed by atoms with van der Waals surface area (Å²) < 4.78 is 5.16. The molecule has 0 unspecified atom stereocenters. The van der Waals surface area contributed by atoms with E-state index in [1.54, 1.807) is 18.4 Å². The first-order valence-electron chi connectivity index (χ1n) is 4.83. The summed E-state index contributed by atoms with van der Waals surface area (Å²) in [5.41, 5.74) is 1.18. The van der Waals surface area contributed by atoms with Crippen LogP contribution in [0, 0.1) is 0 Å². The predicted octanol–water partition coefficient (Wildman–Crippen LogP) is 3.35. The second-order valence-electron chi connectivity index (χ2n) is 3.16. The van der Waals surface area contributed by atoms with Gasteiger partial charge in [-0.25, -0.2) is 0 Å². The Balaban J connectivity index is 2.00. The zero-order valence-electron chi connectivity index (χ0n) is 8.54. The molecule has 0 spiro atoms. The van der Waals surface area contributed by atoms with Crippen LogP contribution in [0.4, 0.5) is 0 Å². The van der Waals surface area contributed by atoms with Crippen LogP contribution in [-0.4, -0.2) is 10.3 Å². The Kier molecular flexibility index (Phi) is 3.66. The molecular formula is C12H11NO2S. The van der Waals surface area contributed by atoms with Gasteiger partial charge in [0.15, 0.2) is 10.8 Å². The van der Waals surface area contributed by atoms with Crippen molar-refractivity contribution in [3.05, 3.63) is 60.1 Å². The molecule has 82 valence electrons. The van der Waals surface area contributed by atoms with E-state index < -0.39 is 0 Å². The standard InChI is InChI=1S/C12H11NO2S/c14-13-12(11-7-4-8-15-11)16-9-10-5-2-1-3-6-10/h1-8,14H,9H2. The molecule has 0 aliphatic carbocycles. The molecule has 0 bridgehead atoms. The second-order valence-corrected chi connectivity index (χ2v) is 4.12. The topological polar surface area (TPSA) is 45.7 Å². The lowest BCUT2D eigenvalue weighted by molar-refractivity contribution is 0.320. The summed E-state index contributed by atoms with van der Waals surface area (Å²) in [5, 5.41) is 12.6. The first-order valence-corrected chi connectivity index (χ1v) is 5.81. The van der Waals surface area contributed by atoms with Crippen molar-refractivity contribution >= 4 is 16.8 Å². The molecule has 1 aromatic heterocycles. The van der Waals surface area contributed by atoms with Gasteiger partial charge < -0.3 is 9.62 Å². The average Bonchev–Trinajstić information content (AvgIpc) is 2.85. The van der Waals surface area contributed by atoms with Gasteiger partial charge in [-0.1, -0.05) is 47.2 Å². The van der Waals surface area contributed by atoms with Crippen LogP contribution in [0.25, 0.3) is 0 Å². The van der Waals surface area contributed by atoms with Crippen LogP contribution < -0.4 is 0 Å². The molecule has 0 aliphatic rings. The lowest BCUT2D eigenvalue weighted by Gasteiger charge is -2.01. The van der Waals surface area contributed by atoms with E-state index in [-0.39, 0.29) is 0 Å². The molecule has 0 fully saturated rings. The molecule has 4 heteroatoms. The normalized spacial score (nSPS) is 11.6. The SMILES string of the molecule is ON=C(SCc1ccccc1)c1ccco1. The summed E-state index contributed by atoms with van der Waals surface area (Å²) in [6.45, 7) is 0. The van der Waals surface area contributed by atoms with Gasteiger partial charge in [0, 0.05) is 5.75 Å². The zero-order chi connectivity index (χ0) is 11.2. The average molecular weight is 233 g/mol. The first kappa shape index (κ1) is 10.8. The van der Waals surface area contributed by atoms with E-state index in [9.17, 15) is 0 Å². The van der Waals surface area contributed by atoms with Crippen molar-refractivity contribution in [3.63, 3.8) is 0 Å². The molecule has 0 amide bonds. The van der Waals surface area contributed by atoms with E-state index in [0.29, 0.717) is 10.8 Å². The third kappa shape index (κ3) is 2.67. The molecule has 0 saturated heterocycles. The van der Waals surface area contributed by atoms with Crippen LogP contribution >= 0.6 is 11.8 Å². The highest BCUT2D eigenvalue weighted by Crippen LogP contribution is 2.18. The van der Waals surface area contributed by atoms with Crippen molar-refractivity contribution in [2.75, 3.05) is 0 Å². The molecule has 2 aromatic rings.